The van der Waals surface area contributed by atoms with E-state index >= 15 is 0 Å². The van der Waals surface area contributed by atoms with Crippen molar-refractivity contribution >= 4 is 44.0 Å². The molecule has 0 saturated heterocycles. The van der Waals surface area contributed by atoms with Crippen molar-refractivity contribution in [1.82, 2.24) is 0 Å². The molecule has 0 aromatic heterocycles. The summed E-state index contributed by atoms with van der Waals surface area (Å²) in [5.74, 6) is 0.739. The van der Waals surface area contributed by atoms with E-state index in [1.165, 1.54) is 13.2 Å². The highest BCUT2D eigenvalue weighted by molar-refractivity contribution is 7.86. The minimum absolute atomic E-state index is 0.0579. The summed E-state index contributed by atoms with van der Waals surface area (Å²) in [7, 11) is -4.77. The maximum atomic E-state index is 10.3. The Hall–Kier alpha value is -5.25. The topological polar surface area (TPSA) is 323 Å². The number of nitrogens with one attached hydrogen (secondary N) is 2. The Morgan fingerprint density at radius 2 is 1.09 bits per heavy atom. The summed E-state index contributed by atoms with van der Waals surface area (Å²) in [6.07, 6.45) is 5.46. The third kappa shape index (κ3) is 24.9. The standard InChI is InChI=1S/C19H24N4O2.C11H12O4.2C2H6O4S/c20-18(21)14-4-8-16(9-5-14)24-12-2-1-3-13-25-17-10-6-15(7-11-17)19(22)23;1-14-9-5-3-8(4-6-11(12)13)7-10(9)15-2;2*3-1-2-7(4,5)6/h4-11H,1-3,12-13H2,(H3,20,21)(H3,22,23);3-7H,1-2H3,(H,12,13);2*3H,1-2H2,(H,4,5,6). The van der Waals surface area contributed by atoms with Crippen LogP contribution in [0.3, 0.4) is 0 Å². The Balaban J connectivity index is 0.000000814. The number of unbranched alkanes of at least 4 members (excludes halogenated alkanes) is 2. The lowest BCUT2D eigenvalue weighted by molar-refractivity contribution is -0.131. The first-order valence-corrected chi connectivity index (χ1v) is 19.0. The highest BCUT2D eigenvalue weighted by Crippen LogP contribution is 2.28. The number of amidine groups is 2. The summed E-state index contributed by atoms with van der Waals surface area (Å²) in [6, 6.07) is 19.6. The molecule has 18 nitrogen and oxygen atoms in total. The third-order valence-electron chi connectivity index (χ3n) is 6.18. The van der Waals surface area contributed by atoms with Gasteiger partial charge in [-0.25, -0.2) is 4.79 Å². The highest BCUT2D eigenvalue weighted by Gasteiger charge is 2.04. The molecule has 0 aliphatic heterocycles. The molecule has 300 valence electrons. The van der Waals surface area contributed by atoms with Gasteiger partial charge in [0, 0.05) is 17.2 Å². The molecule has 0 bridgehead atoms. The van der Waals surface area contributed by atoms with Gasteiger partial charge in [0.2, 0.25) is 0 Å². The Kier molecular flexibility index (Phi) is 23.9. The van der Waals surface area contributed by atoms with Crippen molar-refractivity contribution in [3.63, 3.8) is 0 Å². The molecule has 0 heterocycles. The van der Waals surface area contributed by atoms with Crippen molar-refractivity contribution in [3.05, 3.63) is 89.5 Å². The van der Waals surface area contributed by atoms with Crippen LogP contribution in [0, 0.1) is 10.8 Å². The molecule has 0 aliphatic carbocycles. The molecule has 0 spiro atoms. The first-order chi connectivity index (χ1) is 25.3. The number of nitrogen functional groups attached to an aromatic ring is 2. The van der Waals surface area contributed by atoms with Crippen LogP contribution in [0.25, 0.3) is 6.08 Å². The lowest BCUT2D eigenvalue weighted by Gasteiger charge is -2.08. The summed E-state index contributed by atoms with van der Waals surface area (Å²) in [5.41, 5.74) is 13.0. The van der Waals surface area contributed by atoms with Gasteiger partial charge < -0.3 is 45.7 Å². The van der Waals surface area contributed by atoms with E-state index < -0.39 is 50.9 Å². The van der Waals surface area contributed by atoms with Crippen molar-refractivity contribution in [1.29, 1.82) is 10.8 Å². The van der Waals surface area contributed by atoms with E-state index in [4.69, 9.17) is 65.7 Å². The van der Waals surface area contributed by atoms with Gasteiger partial charge in [0.1, 0.15) is 23.2 Å². The molecule has 11 N–H and O–H groups in total. The average molecular weight is 801 g/mol. The van der Waals surface area contributed by atoms with Gasteiger partial charge in [-0.3, -0.25) is 19.9 Å². The molecule has 0 atom stereocenters. The first kappa shape index (κ1) is 48.8. The number of hydrogen-bond donors (Lipinski definition) is 9. The number of hydrogen-bond acceptors (Lipinski definition) is 13. The van der Waals surface area contributed by atoms with E-state index in [-0.39, 0.29) is 11.7 Å². The normalized spacial score (nSPS) is 10.6. The lowest BCUT2D eigenvalue weighted by atomic mass is 10.2. The van der Waals surface area contributed by atoms with Gasteiger partial charge in [-0.05, 0) is 91.6 Å². The number of benzene rings is 3. The fourth-order valence-corrected chi connectivity index (χ4v) is 4.04. The molecule has 0 radical (unpaired) electrons. The summed E-state index contributed by atoms with van der Waals surface area (Å²) in [4.78, 5) is 10.3. The molecule has 3 aromatic carbocycles. The van der Waals surface area contributed by atoms with E-state index in [9.17, 15) is 21.6 Å². The van der Waals surface area contributed by atoms with E-state index in [1.807, 2.05) is 24.3 Å². The highest BCUT2D eigenvalue weighted by atomic mass is 32.2. The largest absolute Gasteiger partial charge is 0.494 e. The van der Waals surface area contributed by atoms with Gasteiger partial charge in [-0.2, -0.15) is 16.8 Å². The second-order valence-electron chi connectivity index (χ2n) is 10.4. The molecule has 0 amide bonds. The van der Waals surface area contributed by atoms with Crippen LogP contribution in [0.5, 0.6) is 23.0 Å². The minimum atomic E-state index is -3.92. The monoisotopic (exact) mass is 800 g/mol. The summed E-state index contributed by atoms with van der Waals surface area (Å²) >= 11 is 0. The predicted molar refractivity (Wildman–Crippen MR) is 203 cm³/mol. The van der Waals surface area contributed by atoms with Gasteiger partial charge in [-0.15, -0.1) is 0 Å². The SMILES string of the molecule is COc1ccc(C=CC(=O)O)cc1OC.N=C(N)c1ccc(OCCCCCOc2ccc(C(=N)N)cc2)cc1.O=S(=O)(O)CCO.O=S(=O)(O)CCO. The summed E-state index contributed by atoms with van der Waals surface area (Å²) in [6.45, 7) is 0.233. The number of aliphatic hydroxyl groups excluding tert-OH is 2. The third-order valence-corrected chi connectivity index (χ3v) is 7.58. The predicted octanol–water partition coefficient (Wildman–Crippen LogP) is 2.42. The fraction of sp³-hybridized carbons (Fsp3) is 0.324. The molecule has 0 aliphatic rings. The molecule has 0 fully saturated rings. The van der Waals surface area contributed by atoms with E-state index in [0.29, 0.717) is 35.8 Å². The van der Waals surface area contributed by atoms with Crippen LogP contribution < -0.4 is 30.4 Å². The molecule has 20 heteroatoms. The first-order valence-electron chi connectivity index (χ1n) is 15.7. The Bertz CT molecular complexity index is 1720. The lowest BCUT2D eigenvalue weighted by Crippen LogP contribution is -2.10. The van der Waals surface area contributed by atoms with Gasteiger partial charge >= 0.3 is 5.97 Å². The van der Waals surface area contributed by atoms with Gasteiger partial charge in [0.25, 0.3) is 20.2 Å². The molecule has 54 heavy (non-hydrogen) atoms. The number of carbonyl (C=O) groups is 1. The molecule has 3 aromatic rings. The van der Waals surface area contributed by atoms with Gasteiger partial charge in [0.15, 0.2) is 11.5 Å². The van der Waals surface area contributed by atoms with E-state index in [0.717, 1.165) is 42.4 Å². The number of methoxy groups -OCH3 is 2. The summed E-state index contributed by atoms with van der Waals surface area (Å²) in [5, 5.41) is 38.9. The van der Waals surface area contributed by atoms with Gasteiger partial charge in [0.05, 0.1) is 52.2 Å². The average Bonchev–Trinajstić information content (AvgIpc) is 3.10. The van der Waals surface area contributed by atoms with Crippen molar-refractivity contribution in [3.8, 4) is 23.0 Å². The number of aliphatic carboxylic acids is 1. The molecular formula is C34H48N4O14S2. The smallest absolute Gasteiger partial charge is 0.328 e. The molecule has 0 unspecified atom stereocenters. The zero-order valence-electron chi connectivity index (χ0n) is 29.8. The number of carboxylic acid groups (broad SMARTS) is 1. The van der Waals surface area contributed by atoms with Crippen LogP contribution in [0.4, 0.5) is 0 Å². The zero-order chi connectivity index (χ0) is 41.2. The molecular weight excluding hydrogens is 753 g/mol. The fourth-order valence-electron chi connectivity index (χ4n) is 3.58. The Morgan fingerprint density at radius 3 is 1.39 bits per heavy atom. The van der Waals surface area contributed by atoms with E-state index in [1.54, 1.807) is 49.6 Å². The molecule has 3 rings (SSSR count). The number of ether oxygens (including phenoxy) is 4. The van der Waals surface area contributed by atoms with Crippen LogP contribution in [-0.2, 0) is 25.0 Å². The van der Waals surface area contributed by atoms with Crippen molar-refractivity contribution in [2.75, 3.05) is 52.2 Å². The Labute approximate surface area is 314 Å². The van der Waals surface area contributed by atoms with Crippen molar-refractivity contribution < 1.29 is 65.0 Å². The van der Waals surface area contributed by atoms with Crippen LogP contribution in [0.1, 0.15) is 36.0 Å². The number of nitrogens with two attached hydrogens (primary N) is 2. The quantitative estimate of drug-likeness (QED) is 0.0293. The molecule has 0 saturated carbocycles. The van der Waals surface area contributed by atoms with Crippen LogP contribution in [0.15, 0.2) is 72.8 Å². The van der Waals surface area contributed by atoms with Crippen molar-refractivity contribution in [2.24, 2.45) is 11.5 Å². The maximum Gasteiger partial charge on any atom is 0.328 e. The van der Waals surface area contributed by atoms with Crippen LogP contribution in [-0.4, -0.2) is 111 Å². The number of carboxylic acids is 1. The van der Waals surface area contributed by atoms with Gasteiger partial charge in [-0.1, -0.05) is 6.07 Å². The second-order valence-corrected chi connectivity index (χ2v) is 13.6. The maximum absolute atomic E-state index is 10.3. The summed E-state index contributed by atoms with van der Waals surface area (Å²) < 4.78 is 75.6. The zero-order valence-corrected chi connectivity index (χ0v) is 31.4. The van der Waals surface area contributed by atoms with Crippen molar-refractivity contribution in [2.45, 2.75) is 19.3 Å². The number of rotatable bonds is 18. The Morgan fingerprint density at radius 1 is 0.685 bits per heavy atom. The van der Waals surface area contributed by atoms with Crippen LogP contribution in [0.2, 0.25) is 0 Å². The van der Waals surface area contributed by atoms with Crippen LogP contribution >= 0.6 is 0 Å². The second kappa shape index (κ2) is 26.5. The minimum Gasteiger partial charge on any atom is -0.494 e. The number of aliphatic hydroxyl groups is 2. The van der Waals surface area contributed by atoms with E-state index in [2.05, 4.69) is 0 Å².